The van der Waals surface area contributed by atoms with Crippen LogP contribution in [0.4, 0.5) is 0 Å². The van der Waals surface area contributed by atoms with E-state index in [1.54, 1.807) is 11.9 Å². The Kier molecular flexibility index (Phi) is 15.8. The van der Waals surface area contributed by atoms with Crippen molar-refractivity contribution in [1.29, 1.82) is 0 Å². The minimum atomic E-state index is -1.24. The molecule has 3 aliphatic heterocycles. The van der Waals surface area contributed by atoms with Crippen LogP contribution >= 0.6 is 11.8 Å². The van der Waals surface area contributed by atoms with E-state index in [2.05, 4.69) is 82.4 Å². The predicted molar refractivity (Wildman–Crippen MR) is 256 cm³/mol. The number of ether oxygens (including phenoxy) is 5. The molecule has 3 aromatic rings. The summed E-state index contributed by atoms with van der Waals surface area (Å²) in [5, 5.41) is 0. The smallest absolute Gasteiger partial charge is 0.303 e. The Labute approximate surface area is 389 Å². The molecule has 0 aliphatic carbocycles. The Morgan fingerprint density at radius 3 is 2.00 bits per heavy atom. The minimum absolute atomic E-state index is 0.0487. The Bertz CT molecular complexity index is 2680. The van der Waals surface area contributed by atoms with Crippen LogP contribution in [0.25, 0.3) is 50.4 Å². The first kappa shape index (κ1) is 49.4. The molecule has 5 atom stereocenters. The van der Waals surface area contributed by atoms with Gasteiger partial charge in [-0.15, -0.1) is 11.8 Å². The highest BCUT2D eigenvalue weighted by atomic mass is 32.2. The number of carbonyl (C=O) groups excluding carboxylic acids is 5. The van der Waals surface area contributed by atoms with Crippen molar-refractivity contribution in [3.63, 3.8) is 0 Å². The molecular weight excluding hydrogens is 863 g/mol. The van der Waals surface area contributed by atoms with Gasteiger partial charge in [-0.05, 0) is 123 Å². The van der Waals surface area contributed by atoms with Gasteiger partial charge in [0.25, 0.3) is 0 Å². The fourth-order valence-corrected chi connectivity index (χ4v) is 9.85. The van der Waals surface area contributed by atoms with E-state index in [0.717, 1.165) is 90.2 Å². The van der Waals surface area contributed by atoms with Gasteiger partial charge < -0.3 is 38.6 Å². The topological polar surface area (TPSA) is 192 Å². The lowest BCUT2D eigenvalue weighted by atomic mass is 9.98. The Hall–Kier alpha value is -6.00. The van der Waals surface area contributed by atoms with E-state index in [4.69, 9.17) is 33.7 Å². The Balaban J connectivity index is 1.23. The van der Waals surface area contributed by atoms with Gasteiger partial charge in [0.2, 0.25) is 5.91 Å². The van der Waals surface area contributed by atoms with Crippen LogP contribution in [0.3, 0.4) is 0 Å². The first-order valence-electron chi connectivity index (χ1n) is 22.2. The monoisotopic (exact) mass is 923 g/mol. The number of nitrogens with zero attached hydrogens (tertiary/aromatic N) is 3. The summed E-state index contributed by atoms with van der Waals surface area (Å²) in [5.41, 5.74) is 14.8. The van der Waals surface area contributed by atoms with Crippen LogP contribution in [0.15, 0.2) is 30.8 Å². The molecule has 0 spiro atoms. The van der Waals surface area contributed by atoms with Crippen molar-refractivity contribution in [3.05, 3.63) is 75.9 Å². The van der Waals surface area contributed by atoms with Crippen LogP contribution in [0.2, 0.25) is 0 Å². The number of nitrogens with one attached hydrogen (secondary N) is 2. The minimum Gasteiger partial charge on any atom is -0.463 e. The molecule has 0 radical (unpaired) electrons. The molecule has 66 heavy (non-hydrogen) atoms. The summed E-state index contributed by atoms with van der Waals surface area (Å²) in [7, 11) is 1.76. The van der Waals surface area contributed by atoms with Crippen LogP contribution in [-0.4, -0.2) is 110 Å². The molecular formula is C50H61N5O10S. The number of esters is 4. The van der Waals surface area contributed by atoms with Crippen molar-refractivity contribution in [3.8, 4) is 0 Å². The van der Waals surface area contributed by atoms with Gasteiger partial charge in [0.15, 0.2) is 18.3 Å². The van der Waals surface area contributed by atoms with Crippen molar-refractivity contribution in [1.82, 2.24) is 24.8 Å². The molecule has 3 aromatic heterocycles. The number of carbonyl (C=O) groups is 5. The van der Waals surface area contributed by atoms with Crippen molar-refractivity contribution in [2.24, 2.45) is 0 Å². The molecule has 2 N–H and O–H groups in total. The fourth-order valence-electron chi connectivity index (χ4n) is 8.70. The second-order valence-corrected chi connectivity index (χ2v) is 18.1. The number of amides is 1. The van der Waals surface area contributed by atoms with E-state index < -0.39 is 53.7 Å². The molecule has 3 aliphatic rings. The van der Waals surface area contributed by atoms with Crippen LogP contribution in [-0.2, 0) is 47.7 Å². The van der Waals surface area contributed by atoms with E-state index in [1.165, 1.54) is 45.0 Å². The number of rotatable bonds is 15. The first-order valence-corrected chi connectivity index (χ1v) is 23.3. The molecule has 1 saturated heterocycles. The average Bonchev–Trinajstić information content (AvgIpc) is 3.96. The van der Waals surface area contributed by atoms with E-state index in [1.807, 2.05) is 6.08 Å². The van der Waals surface area contributed by atoms with Gasteiger partial charge in [0.05, 0.1) is 22.8 Å². The SMILES string of the molecule is C=Cc1c(C)c2cc3nc(c(C)c4cc(C)c(cc5nc(cc1[nH]2)C(C)=C5CC)[nH]4)C(CCC(=O)N(C)CCCS[C@@H]1O[C@H](COC(C)=O)[C@@H](OC(C)=O)[C@H](OC(C)=O)[C@@H]1OC(C)=O)=C3C. The number of hydrogen-bond acceptors (Lipinski definition) is 13. The summed E-state index contributed by atoms with van der Waals surface area (Å²) in [4.78, 5) is 81.5. The van der Waals surface area contributed by atoms with Crippen LogP contribution < -0.4 is 0 Å². The molecule has 0 saturated carbocycles. The Morgan fingerprint density at radius 2 is 1.35 bits per heavy atom. The van der Waals surface area contributed by atoms with Gasteiger partial charge in [-0.1, -0.05) is 19.6 Å². The molecule has 1 fully saturated rings. The zero-order valence-electron chi connectivity index (χ0n) is 39.8. The van der Waals surface area contributed by atoms with Gasteiger partial charge in [-0.2, -0.15) is 0 Å². The number of allylic oxidation sites excluding steroid dienone is 4. The maximum Gasteiger partial charge on any atom is 0.303 e. The number of hydrogen-bond donors (Lipinski definition) is 2. The molecule has 6 rings (SSSR count). The van der Waals surface area contributed by atoms with Gasteiger partial charge in [0.1, 0.15) is 18.1 Å². The molecule has 1 amide bonds. The van der Waals surface area contributed by atoms with Crippen molar-refractivity contribution < 1.29 is 47.7 Å². The summed E-state index contributed by atoms with van der Waals surface area (Å²) in [6, 6.07) is 8.44. The van der Waals surface area contributed by atoms with Crippen molar-refractivity contribution in [2.45, 2.75) is 125 Å². The molecule has 8 bridgehead atoms. The van der Waals surface area contributed by atoms with Crippen molar-refractivity contribution in [2.75, 3.05) is 26.0 Å². The molecule has 0 aromatic carbocycles. The van der Waals surface area contributed by atoms with E-state index >= 15 is 0 Å². The lowest BCUT2D eigenvalue weighted by molar-refractivity contribution is -0.237. The molecule has 6 heterocycles. The van der Waals surface area contributed by atoms with E-state index in [9.17, 15) is 24.0 Å². The number of aromatic nitrogens is 4. The molecule has 16 heteroatoms. The van der Waals surface area contributed by atoms with Gasteiger partial charge in [-0.3, -0.25) is 24.0 Å². The number of aromatic amines is 2. The van der Waals surface area contributed by atoms with Crippen LogP contribution in [0.5, 0.6) is 0 Å². The highest BCUT2D eigenvalue weighted by Crippen LogP contribution is 2.39. The molecule has 15 nitrogen and oxygen atoms in total. The third-order valence-corrected chi connectivity index (χ3v) is 13.4. The number of fused-ring (bicyclic) bond motifs is 8. The van der Waals surface area contributed by atoms with Gasteiger partial charge in [0, 0.05) is 75.3 Å². The highest BCUT2D eigenvalue weighted by Gasteiger charge is 2.52. The first-order chi connectivity index (χ1) is 31.3. The van der Waals surface area contributed by atoms with Gasteiger partial charge in [-0.25, -0.2) is 9.97 Å². The quantitative estimate of drug-likeness (QED) is 0.0838. The van der Waals surface area contributed by atoms with Crippen LogP contribution in [0.1, 0.15) is 119 Å². The summed E-state index contributed by atoms with van der Waals surface area (Å²) in [5.74, 6) is -2.25. The number of H-pyrrole nitrogens is 2. The van der Waals surface area contributed by atoms with Crippen molar-refractivity contribution >= 4 is 92.0 Å². The fraction of sp³-hybridized carbons (Fsp3) is 0.460. The maximum absolute atomic E-state index is 13.8. The predicted octanol–water partition coefficient (Wildman–Crippen LogP) is 8.60. The summed E-state index contributed by atoms with van der Waals surface area (Å²) >= 11 is 1.28. The lowest BCUT2D eigenvalue weighted by Crippen LogP contribution is -2.61. The molecule has 0 unspecified atom stereocenters. The third kappa shape index (κ3) is 11.0. The van der Waals surface area contributed by atoms with Gasteiger partial charge >= 0.3 is 23.9 Å². The van der Waals surface area contributed by atoms with E-state index in [0.29, 0.717) is 25.1 Å². The second-order valence-electron chi connectivity index (χ2n) is 16.9. The molecule has 352 valence electrons. The maximum atomic E-state index is 13.8. The zero-order valence-corrected chi connectivity index (χ0v) is 40.6. The Morgan fingerprint density at radius 1 is 0.758 bits per heavy atom. The average molecular weight is 924 g/mol. The van der Waals surface area contributed by atoms with E-state index in [-0.39, 0.29) is 18.9 Å². The third-order valence-electron chi connectivity index (χ3n) is 12.2. The zero-order chi connectivity index (χ0) is 48.1. The lowest BCUT2D eigenvalue weighted by Gasteiger charge is -2.44. The summed E-state index contributed by atoms with van der Waals surface area (Å²) in [6.07, 6.45) is -0.711. The highest BCUT2D eigenvalue weighted by molar-refractivity contribution is 7.99. The summed E-state index contributed by atoms with van der Waals surface area (Å²) < 4.78 is 28.1. The number of thioether (sulfide) groups is 1. The largest absolute Gasteiger partial charge is 0.463 e. The summed E-state index contributed by atoms with van der Waals surface area (Å²) in [6.45, 7) is 21.6. The van der Waals surface area contributed by atoms with Crippen LogP contribution in [0, 0.1) is 20.8 Å². The standard InChI is InChI=1S/C50H61N5O10S/c1-13-34-27(5)40-23-43-35(14-2)26(4)39(52-43)22-41-28(6)36(46(54-41)29(7)38-20-25(3)37(51-38)21-42(34)53-40)16-17-45(60)55(12)18-15-19-66-50-49(64-33(11)59)48(63-32(10)58)47(62-31(9)57)44(65-50)24-61-30(8)56/h14,20-23,44,47-52H,2,13,15-19,24H2,1,3-12H3/t44-,47-,48+,49+,50+/m1/s1. The number of aryl methyl sites for hydroxylation is 3. The second kappa shape index (κ2) is 21.1. The normalized spacial score (nSPS) is 19.3.